The van der Waals surface area contributed by atoms with E-state index < -0.39 is 16.1 Å². The zero-order valence-electron chi connectivity index (χ0n) is 17.2. The molecule has 1 N–H and O–H groups in total. The quantitative estimate of drug-likeness (QED) is 0.634. The van der Waals surface area contributed by atoms with Gasteiger partial charge in [0.05, 0.1) is 23.4 Å². The Bertz CT molecular complexity index is 916. The largest absolute Gasteiger partial charge is 0.495 e. The number of hydrogen-bond acceptors (Lipinski definition) is 5. The predicted molar refractivity (Wildman–Crippen MR) is 114 cm³/mol. The van der Waals surface area contributed by atoms with E-state index in [-0.39, 0.29) is 23.0 Å². The van der Waals surface area contributed by atoms with Crippen LogP contribution in [-0.4, -0.2) is 40.7 Å². The van der Waals surface area contributed by atoms with Crippen LogP contribution < -0.4 is 14.4 Å². The Kier molecular flexibility index (Phi) is 8.04. The highest BCUT2D eigenvalue weighted by Gasteiger charge is 2.26. The van der Waals surface area contributed by atoms with E-state index >= 15 is 0 Å². The van der Waals surface area contributed by atoms with Gasteiger partial charge in [-0.3, -0.25) is 9.10 Å². The number of carbonyl (C=O) groups excluding carboxylic acids is 1. The predicted octanol–water partition coefficient (Wildman–Crippen LogP) is 3.66. The fraction of sp³-hybridized carbons (Fsp3) is 0.381. The summed E-state index contributed by atoms with van der Waals surface area (Å²) in [5.41, 5.74) is 0.847. The third-order valence-corrected chi connectivity index (χ3v) is 6.28. The van der Waals surface area contributed by atoms with Gasteiger partial charge in [-0.1, -0.05) is 25.1 Å². The van der Waals surface area contributed by atoms with Gasteiger partial charge < -0.3 is 14.8 Å². The maximum absolute atomic E-state index is 13.2. The topological polar surface area (TPSA) is 84.9 Å². The maximum atomic E-state index is 13.2. The van der Waals surface area contributed by atoms with Crippen molar-refractivity contribution in [3.8, 4) is 5.75 Å². The van der Waals surface area contributed by atoms with Gasteiger partial charge in [-0.25, -0.2) is 8.42 Å². The SMILES string of the molecule is CCOC(CC)C(=O)Nc1cc(S(=O)(=O)N(CC)c2ccccc2)ccc1OC. The average molecular weight is 421 g/mol. The van der Waals surface area contributed by atoms with Gasteiger partial charge >= 0.3 is 0 Å². The van der Waals surface area contributed by atoms with Crippen molar-refractivity contribution >= 4 is 27.3 Å². The maximum Gasteiger partial charge on any atom is 0.264 e. The number of nitrogens with zero attached hydrogens (tertiary/aromatic N) is 1. The minimum Gasteiger partial charge on any atom is -0.495 e. The molecule has 0 aliphatic heterocycles. The molecule has 0 radical (unpaired) electrons. The highest BCUT2D eigenvalue weighted by Crippen LogP contribution is 2.31. The van der Waals surface area contributed by atoms with Crippen LogP contribution in [0, 0.1) is 0 Å². The molecule has 2 aromatic carbocycles. The second-order valence-corrected chi connectivity index (χ2v) is 8.07. The Balaban J connectivity index is 2.41. The summed E-state index contributed by atoms with van der Waals surface area (Å²) in [4.78, 5) is 12.6. The van der Waals surface area contributed by atoms with E-state index in [0.717, 1.165) is 0 Å². The molecule has 0 aromatic heterocycles. The van der Waals surface area contributed by atoms with Crippen LogP contribution in [0.3, 0.4) is 0 Å². The lowest BCUT2D eigenvalue weighted by molar-refractivity contribution is -0.127. The standard InChI is InChI=1S/C21H28N2O5S/c1-5-19(28-7-3)21(24)22-18-15-17(13-14-20(18)27-4)29(25,26)23(6-2)16-11-9-8-10-12-16/h8-15,19H,5-7H2,1-4H3,(H,22,24). The van der Waals surface area contributed by atoms with Gasteiger partial charge in [0.15, 0.2) is 0 Å². The van der Waals surface area contributed by atoms with Crippen molar-refractivity contribution in [2.45, 2.75) is 38.2 Å². The van der Waals surface area contributed by atoms with E-state index in [2.05, 4.69) is 5.32 Å². The summed E-state index contributed by atoms with van der Waals surface area (Å²) in [6, 6.07) is 13.3. The lowest BCUT2D eigenvalue weighted by atomic mass is 10.2. The van der Waals surface area contributed by atoms with E-state index in [1.807, 2.05) is 19.9 Å². The number of para-hydroxylation sites is 1. The van der Waals surface area contributed by atoms with Crippen molar-refractivity contribution in [3.63, 3.8) is 0 Å². The van der Waals surface area contributed by atoms with E-state index in [1.165, 1.54) is 29.6 Å². The van der Waals surface area contributed by atoms with Crippen LogP contribution in [0.2, 0.25) is 0 Å². The Morgan fingerprint density at radius 1 is 1.10 bits per heavy atom. The van der Waals surface area contributed by atoms with Crippen LogP contribution in [0.15, 0.2) is 53.4 Å². The van der Waals surface area contributed by atoms with E-state index in [9.17, 15) is 13.2 Å². The number of anilines is 2. The zero-order valence-corrected chi connectivity index (χ0v) is 18.0. The fourth-order valence-electron chi connectivity index (χ4n) is 2.95. The molecule has 2 aromatic rings. The van der Waals surface area contributed by atoms with E-state index in [1.54, 1.807) is 31.2 Å². The highest BCUT2D eigenvalue weighted by atomic mass is 32.2. The average Bonchev–Trinajstić information content (AvgIpc) is 2.73. The molecule has 0 aliphatic carbocycles. The second kappa shape index (κ2) is 10.3. The van der Waals surface area contributed by atoms with Gasteiger partial charge in [-0.2, -0.15) is 0 Å². The third kappa shape index (κ3) is 5.27. The number of hydrogen-bond donors (Lipinski definition) is 1. The van der Waals surface area contributed by atoms with Crippen LogP contribution >= 0.6 is 0 Å². The molecule has 7 nitrogen and oxygen atoms in total. The summed E-state index contributed by atoms with van der Waals surface area (Å²) in [5.74, 6) is 0.0176. The van der Waals surface area contributed by atoms with Crippen molar-refractivity contribution in [3.05, 3.63) is 48.5 Å². The van der Waals surface area contributed by atoms with Gasteiger partial charge in [0.2, 0.25) is 0 Å². The van der Waals surface area contributed by atoms with Crippen molar-refractivity contribution < 1.29 is 22.7 Å². The smallest absolute Gasteiger partial charge is 0.264 e. The first-order valence-electron chi connectivity index (χ1n) is 9.57. The zero-order chi connectivity index (χ0) is 21.4. The molecule has 0 heterocycles. The minimum atomic E-state index is -3.83. The minimum absolute atomic E-state index is 0.0590. The summed E-state index contributed by atoms with van der Waals surface area (Å²) < 4.78 is 38.5. The Labute approximate surface area is 172 Å². The van der Waals surface area contributed by atoms with Crippen molar-refractivity contribution in [2.75, 3.05) is 29.9 Å². The molecule has 1 amide bonds. The van der Waals surface area contributed by atoms with Crippen LogP contribution in [0.5, 0.6) is 5.75 Å². The van der Waals surface area contributed by atoms with Crippen LogP contribution in [0.4, 0.5) is 11.4 Å². The van der Waals surface area contributed by atoms with Gasteiger partial charge in [0.25, 0.3) is 15.9 Å². The molecule has 2 rings (SSSR count). The summed E-state index contributed by atoms with van der Waals surface area (Å²) in [6.45, 7) is 6.09. The second-order valence-electron chi connectivity index (χ2n) is 6.21. The Hall–Kier alpha value is -2.58. The normalized spacial score (nSPS) is 12.3. The van der Waals surface area contributed by atoms with Crippen LogP contribution in [-0.2, 0) is 19.6 Å². The molecule has 0 saturated carbocycles. The van der Waals surface area contributed by atoms with E-state index in [0.29, 0.717) is 24.5 Å². The van der Waals surface area contributed by atoms with Gasteiger partial charge in [-0.05, 0) is 50.6 Å². The molecule has 1 atom stereocenters. The van der Waals surface area contributed by atoms with Crippen molar-refractivity contribution in [1.82, 2.24) is 0 Å². The van der Waals surface area contributed by atoms with Crippen molar-refractivity contribution in [2.24, 2.45) is 0 Å². The molecule has 0 aliphatic rings. The Morgan fingerprint density at radius 2 is 1.79 bits per heavy atom. The number of rotatable bonds is 10. The molecule has 158 valence electrons. The number of carbonyl (C=O) groups is 1. The molecule has 0 fully saturated rings. The molecule has 29 heavy (non-hydrogen) atoms. The Morgan fingerprint density at radius 3 is 2.34 bits per heavy atom. The number of amides is 1. The lowest BCUT2D eigenvalue weighted by Gasteiger charge is -2.23. The molecule has 0 spiro atoms. The number of nitrogens with one attached hydrogen (secondary N) is 1. The van der Waals surface area contributed by atoms with Crippen LogP contribution in [0.25, 0.3) is 0 Å². The molecular formula is C21H28N2O5S. The number of sulfonamides is 1. The summed E-state index contributed by atoms with van der Waals surface area (Å²) >= 11 is 0. The lowest BCUT2D eigenvalue weighted by Crippen LogP contribution is -2.31. The number of benzene rings is 2. The first kappa shape index (κ1) is 22.7. The van der Waals surface area contributed by atoms with Gasteiger partial charge in [0.1, 0.15) is 11.9 Å². The van der Waals surface area contributed by atoms with Crippen LogP contribution in [0.1, 0.15) is 27.2 Å². The van der Waals surface area contributed by atoms with Crippen molar-refractivity contribution in [1.29, 1.82) is 0 Å². The number of methoxy groups -OCH3 is 1. The third-order valence-electron chi connectivity index (χ3n) is 4.38. The number of ether oxygens (including phenoxy) is 2. The monoisotopic (exact) mass is 420 g/mol. The van der Waals surface area contributed by atoms with Gasteiger partial charge in [0, 0.05) is 13.2 Å². The fourth-order valence-corrected chi connectivity index (χ4v) is 4.45. The molecule has 8 heteroatoms. The molecular weight excluding hydrogens is 392 g/mol. The van der Waals surface area contributed by atoms with E-state index in [4.69, 9.17) is 9.47 Å². The molecule has 1 unspecified atom stereocenters. The summed E-state index contributed by atoms with van der Waals surface area (Å²) in [6.07, 6.45) is -0.126. The summed E-state index contributed by atoms with van der Waals surface area (Å²) in [7, 11) is -2.37. The molecule has 0 saturated heterocycles. The first-order chi connectivity index (χ1) is 13.9. The van der Waals surface area contributed by atoms with Gasteiger partial charge in [-0.15, -0.1) is 0 Å². The first-order valence-corrected chi connectivity index (χ1v) is 11.0. The summed E-state index contributed by atoms with van der Waals surface area (Å²) in [5, 5.41) is 2.73. The highest BCUT2D eigenvalue weighted by molar-refractivity contribution is 7.92. The molecule has 0 bridgehead atoms.